The van der Waals surface area contributed by atoms with Gasteiger partial charge in [-0.3, -0.25) is 19.4 Å². The van der Waals surface area contributed by atoms with E-state index in [4.69, 9.17) is 4.37 Å². The van der Waals surface area contributed by atoms with Crippen molar-refractivity contribution in [3.05, 3.63) is 24.3 Å². The van der Waals surface area contributed by atoms with E-state index in [1.807, 2.05) is 0 Å². The summed E-state index contributed by atoms with van der Waals surface area (Å²) in [5, 5.41) is 1.27. The number of carbonyl (C=O) groups excluding carboxylic acids is 2. The molecule has 1 aromatic carbocycles. The van der Waals surface area contributed by atoms with E-state index >= 15 is 0 Å². The monoisotopic (exact) mass is 492 g/mol. The van der Waals surface area contributed by atoms with Crippen LogP contribution >= 0.6 is 11.5 Å². The first-order chi connectivity index (χ1) is 17.2. The molecular weight excluding hydrogens is 456 g/mol. The zero-order valence-corrected chi connectivity index (χ0v) is 21.3. The molecule has 7 rings (SSSR count). The highest BCUT2D eigenvalue weighted by atomic mass is 32.1. The van der Waals surface area contributed by atoms with E-state index in [2.05, 4.69) is 34.1 Å². The first-order valence-electron chi connectivity index (χ1n) is 13.8. The Morgan fingerprint density at radius 3 is 2.20 bits per heavy atom. The van der Waals surface area contributed by atoms with Crippen molar-refractivity contribution in [1.82, 2.24) is 14.2 Å². The number of amides is 2. The van der Waals surface area contributed by atoms with Gasteiger partial charge in [-0.2, -0.15) is 4.37 Å². The Hall–Kier alpha value is -1.99. The van der Waals surface area contributed by atoms with Crippen LogP contribution in [0.5, 0.6) is 0 Å². The van der Waals surface area contributed by atoms with Crippen molar-refractivity contribution in [2.24, 2.45) is 35.5 Å². The minimum absolute atomic E-state index is 0.0261. The fourth-order valence-electron chi connectivity index (χ4n) is 8.22. The van der Waals surface area contributed by atoms with Crippen molar-refractivity contribution in [3.63, 3.8) is 0 Å². The van der Waals surface area contributed by atoms with Gasteiger partial charge in [0.05, 0.1) is 16.5 Å². The Bertz CT molecular complexity index is 1100. The van der Waals surface area contributed by atoms with Gasteiger partial charge in [-0.25, -0.2) is 0 Å². The summed E-state index contributed by atoms with van der Waals surface area (Å²) in [4.78, 5) is 33.4. The number of likely N-dealkylation sites (tertiary alicyclic amines) is 1. The maximum absolute atomic E-state index is 13.3. The van der Waals surface area contributed by atoms with E-state index in [1.54, 1.807) is 16.4 Å². The topological polar surface area (TPSA) is 56.8 Å². The molecule has 3 heterocycles. The molecule has 3 saturated carbocycles. The molecule has 2 aromatic rings. The third-order valence-electron chi connectivity index (χ3n) is 10.0. The van der Waals surface area contributed by atoms with E-state index < -0.39 is 0 Å². The SMILES string of the molecule is O=C1C2C(C(=O)N1CC1CCCC[C@H]1CN1CCN(c3nsc4ccccc34)CC1)[C@H]1CC[C@@H]2C1. The van der Waals surface area contributed by atoms with Crippen molar-refractivity contribution in [3.8, 4) is 0 Å². The number of piperazine rings is 1. The quantitative estimate of drug-likeness (QED) is 0.584. The zero-order chi connectivity index (χ0) is 23.5. The molecule has 0 N–H and O–H groups in total. The lowest BCUT2D eigenvalue weighted by Crippen LogP contribution is -2.49. The normalized spacial score (nSPS) is 35.4. The van der Waals surface area contributed by atoms with Gasteiger partial charge in [0.25, 0.3) is 0 Å². The third kappa shape index (κ3) is 3.72. The molecule has 3 aliphatic carbocycles. The maximum atomic E-state index is 13.3. The van der Waals surface area contributed by atoms with E-state index in [0.29, 0.717) is 30.2 Å². The standard InChI is InChI=1S/C28H36N4O2S/c33-27-24-18-9-10-19(15-18)25(24)28(34)32(27)17-21-6-2-1-5-20(21)16-30-11-13-31(14-12-30)26-22-7-3-4-8-23(22)35-29-26/h3-4,7-8,18-21,24-25H,1-2,5-6,9-17H2/t18-,19+,20-,21?,24?,25?/m0/s1. The predicted molar refractivity (Wildman–Crippen MR) is 138 cm³/mol. The number of aromatic nitrogens is 1. The first-order valence-corrected chi connectivity index (χ1v) is 14.6. The van der Waals surface area contributed by atoms with Crippen LogP contribution in [0.1, 0.15) is 44.9 Å². The molecule has 2 saturated heterocycles. The fourth-order valence-corrected chi connectivity index (χ4v) is 9.02. The molecular formula is C28H36N4O2S. The smallest absolute Gasteiger partial charge is 0.233 e. The molecule has 5 fully saturated rings. The second-order valence-corrected chi connectivity index (χ2v) is 12.6. The second-order valence-electron chi connectivity index (χ2n) is 11.8. The van der Waals surface area contributed by atoms with E-state index in [-0.39, 0.29) is 23.7 Å². The van der Waals surface area contributed by atoms with Crippen LogP contribution in [-0.4, -0.2) is 65.3 Å². The highest BCUT2D eigenvalue weighted by molar-refractivity contribution is 7.13. The number of benzene rings is 1. The van der Waals surface area contributed by atoms with Crippen LogP contribution < -0.4 is 4.90 Å². The number of fused-ring (bicyclic) bond motifs is 6. The molecule has 5 aliphatic rings. The van der Waals surface area contributed by atoms with Crippen LogP contribution in [0.15, 0.2) is 24.3 Å². The largest absolute Gasteiger partial charge is 0.353 e. The molecule has 0 spiro atoms. The number of carbonyl (C=O) groups is 2. The molecule has 2 aliphatic heterocycles. The van der Waals surface area contributed by atoms with Crippen molar-refractivity contribution in [1.29, 1.82) is 0 Å². The molecule has 0 radical (unpaired) electrons. The Kier molecular flexibility index (Phi) is 5.61. The van der Waals surface area contributed by atoms with Gasteiger partial charge >= 0.3 is 0 Å². The first kappa shape index (κ1) is 22.2. The zero-order valence-electron chi connectivity index (χ0n) is 20.5. The van der Waals surface area contributed by atoms with E-state index in [0.717, 1.165) is 64.2 Å². The van der Waals surface area contributed by atoms with Crippen molar-refractivity contribution in [2.45, 2.75) is 44.9 Å². The molecule has 3 unspecified atom stereocenters. The Morgan fingerprint density at radius 2 is 1.49 bits per heavy atom. The van der Waals surface area contributed by atoms with Gasteiger partial charge in [-0.15, -0.1) is 0 Å². The van der Waals surface area contributed by atoms with Crippen molar-refractivity contribution in [2.75, 3.05) is 44.2 Å². The summed E-state index contributed by atoms with van der Waals surface area (Å²) in [7, 11) is 0. The van der Waals surface area contributed by atoms with E-state index in [1.165, 1.54) is 29.3 Å². The van der Waals surface area contributed by atoms with Crippen LogP contribution in [0.25, 0.3) is 10.1 Å². The Labute approximate surface area is 211 Å². The summed E-state index contributed by atoms with van der Waals surface area (Å²) in [5.74, 6) is 3.59. The summed E-state index contributed by atoms with van der Waals surface area (Å²) in [6.45, 7) is 5.93. The lowest BCUT2D eigenvalue weighted by molar-refractivity contribution is -0.142. The maximum Gasteiger partial charge on any atom is 0.233 e. The van der Waals surface area contributed by atoms with Crippen LogP contribution in [0.2, 0.25) is 0 Å². The molecule has 1 aromatic heterocycles. The van der Waals surface area contributed by atoms with Gasteiger partial charge in [-0.05, 0) is 79.4 Å². The summed E-state index contributed by atoms with van der Waals surface area (Å²) >= 11 is 1.60. The van der Waals surface area contributed by atoms with Gasteiger partial charge in [0.2, 0.25) is 11.8 Å². The Morgan fingerprint density at radius 1 is 0.829 bits per heavy atom. The van der Waals surface area contributed by atoms with Crippen molar-refractivity contribution < 1.29 is 9.59 Å². The minimum atomic E-state index is 0.0261. The van der Waals surface area contributed by atoms with Gasteiger partial charge in [0.1, 0.15) is 5.82 Å². The summed E-state index contributed by atoms with van der Waals surface area (Å²) < 4.78 is 6.02. The van der Waals surface area contributed by atoms with Crippen LogP contribution in [0.3, 0.4) is 0 Å². The number of imide groups is 1. The number of nitrogens with zero attached hydrogens (tertiary/aromatic N) is 4. The molecule has 6 nitrogen and oxygen atoms in total. The van der Waals surface area contributed by atoms with Gasteiger partial charge in [-0.1, -0.05) is 25.0 Å². The molecule has 6 atom stereocenters. The average molecular weight is 493 g/mol. The van der Waals surface area contributed by atoms with Gasteiger partial charge in [0, 0.05) is 44.7 Å². The number of anilines is 1. The number of rotatable bonds is 5. The number of hydrogen-bond acceptors (Lipinski definition) is 6. The van der Waals surface area contributed by atoms with Gasteiger partial charge < -0.3 is 4.90 Å². The summed E-state index contributed by atoms with van der Waals surface area (Å²) in [6.07, 6.45) is 8.35. The van der Waals surface area contributed by atoms with E-state index in [9.17, 15) is 9.59 Å². The highest BCUT2D eigenvalue weighted by Crippen LogP contribution is 2.56. The molecule has 2 bridgehead atoms. The molecule has 35 heavy (non-hydrogen) atoms. The second kappa shape index (κ2) is 8.84. The molecule has 7 heteroatoms. The van der Waals surface area contributed by atoms with Gasteiger partial charge in [0.15, 0.2) is 0 Å². The number of hydrogen-bond donors (Lipinski definition) is 0. The van der Waals surface area contributed by atoms with Crippen LogP contribution in [-0.2, 0) is 9.59 Å². The Balaban J connectivity index is 0.986. The fraction of sp³-hybridized carbons (Fsp3) is 0.679. The lowest BCUT2D eigenvalue weighted by Gasteiger charge is -2.40. The summed E-state index contributed by atoms with van der Waals surface area (Å²) in [5.41, 5.74) is 0. The van der Waals surface area contributed by atoms with Crippen molar-refractivity contribution >= 4 is 39.3 Å². The predicted octanol–water partition coefficient (Wildman–Crippen LogP) is 4.26. The summed E-state index contributed by atoms with van der Waals surface area (Å²) in [6, 6.07) is 8.54. The molecule has 186 valence electrons. The lowest BCUT2D eigenvalue weighted by atomic mass is 9.78. The minimum Gasteiger partial charge on any atom is -0.353 e. The molecule has 2 amide bonds. The van der Waals surface area contributed by atoms with Crippen LogP contribution in [0, 0.1) is 35.5 Å². The highest BCUT2D eigenvalue weighted by Gasteiger charge is 2.61. The third-order valence-corrected chi connectivity index (χ3v) is 10.8. The average Bonchev–Trinajstić information content (AvgIpc) is 3.66. The van der Waals surface area contributed by atoms with Crippen LogP contribution in [0.4, 0.5) is 5.82 Å².